The summed E-state index contributed by atoms with van der Waals surface area (Å²) in [5.74, 6) is -1.95. The molecule has 6 nitrogen and oxygen atoms in total. The summed E-state index contributed by atoms with van der Waals surface area (Å²) in [6.07, 6.45) is 0. The van der Waals surface area contributed by atoms with Crippen molar-refractivity contribution in [1.29, 1.82) is 0 Å². The molecule has 4 N–H and O–H groups in total. The third kappa shape index (κ3) is 10.1. The van der Waals surface area contributed by atoms with E-state index in [1.54, 1.807) is 18.2 Å². The van der Waals surface area contributed by atoms with E-state index in [-0.39, 0.29) is 28.0 Å². The molecule has 0 radical (unpaired) electrons. The van der Waals surface area contributed by atoms with Gasteiger partial charge in [-0.2, -0.15) is 0 Å². The van der Waals surface area contributed by atoms with E-state index >= 15 is 0 Å². The van der Waals surface area contributed by atoms with Crippen LogP contribution in [0.25, 0.3) is 21.1 Å². The fourth-order valence-electron chi connectivity index (χ4n) is 2.22. The topological polar surface area (TPSA) is 114 Å². The number of hydrogen-bond acceptors (Lipinski definition) is 5. The van der Waals surface area contributed by atoms with E-state index in [0.29, 0.717) is 16.5 Å². The van der Waals surface area contributed by atoms with Gasteiger partial charge in [-0.05, 0) is 53.9 Å². The summed E-state index contributed by atoms with van der Waals surface area (Å²) < 4.78 is 7.91. The van der Waals surface area contributed by atoms with Crippen LogP contribution in [-0.2, 0) is 0 Å². The van der Waals surface area contributed by atoms with Crippen molar-refractivity contribution in [3.8, 4) is 0 Å². The number of carboxylic acids is 2. The van der Waals surface area contributed by atoms with Crippen LogP contribution in [-0.4, -0.2) is 28.2 Å². The summed E-state index contributed by atoms with van der Waals surface area (Å²) in [5.41, 5.74) is 5.69. The van der Waals surface area contributed by atoms with Gasteiger partial charge in [0.1, 0.15) is 10.5 Å². The van der Waals surface area contributed by atoms with Crippen LogP contribution in [0.4, 0.5) is 0 Å². The van der Waals surface area contributed by atoms with Crippen LogP contribution < -0.4 is 5.73 Å². The van der Waals surface area contributed by atoms with Gasteiger partial charge in [0.2, 0.25) is 5.76 Å². The van der Waals surface area contributed by atoms with E-state index in [0.717, 1.165) is 24.4 Å². The number of hydrogen-bond donors (Lipinski definition) is 3. The van der Waals surface area contributed by atoms with Crippen molar-refractivity contribution >= 4 is 76.2 Å². The molecule has 0 aliphatic rings. The first-order valence-corrected chi connectivity index (χ1v) is 11.1. The number of nitrogens with two attached hydrogens (primary N) is 1. The van der Waals surface area contributed by atoms with Crippen LogP contribution in [0, 0.1) is 0 Å². The molecule has 0 saturated carbocycles. The van der Waals surface area contributed by atoms with E-state index in [2.05, 4.69) is 31.9 Å². The first-order chi connectivity index (χ1) is 14.1. The lowest BCUT2D eigenvalue weighted by molar-refractivity contribution is 0.0662. The molecule has 4 aromatic rings. The minimum absolute atomic E-state index is 0. The zero-order chi connectivity index (χ0) is 22.4. The first-order valence-electron chi connectivity index (χ1n) is 8.67. The molecule has 0 aliphatic heterocycles. The molecule has 9 heteroatoms. The predicted octanol–water partition coefficient (Wildman–Crippen LogP) is 8.52. The maximum absolute atomic E-state index is 10.7. The monoisotopic (exact) mass is 603 g/mol. The van der Waals surface area contributed by atoms with E-state index < -0.39 is 11.9 Å². The molecule has 2 aromatic heterocycles. The molecule has 0 amide bonds. The fraction of sp³-hybridized carbons (Fsp3) is 0.250. The fourth-order valence-corrected chi connectivity index (χ4v) is 4.01. The van der Waals surface area contributed by atoms with Crippen molar-refractivity contribution in [2.24, 2.45) is 5.73 Å². The van der Waals surface area contributed by atoms with Gasteiger partial charge in [0.15, 0.2) is 0 Å². The van der Waals surface area contributed by atoms with Crippen LogP contribution in [0.15, 0.2) is 61.9 Å². The Kier molecular flexibility index (Phi) is 14.8. The largest absolute Gasteiger partial charge is 0.477 e. The Morgan fingerprint density at radius 1 is 0.879 bits per heavy atom. The minimum atomic E-state index is -1.05. The number of fused-ring (bicyclic) bond motifs is 2. The standard InChI is InChI=1S/C9H5BrO3.C9H5BrO2S.C3H9N.3CH4/c2*10-6-2-1-5-3-8(9(11)12)13-7(5)4-6;1-3(2)4;;;/h2*1-4H,(H,11,12);3H,4H2,1-2H3;3*1H4. The first kappa shape index (κ1) is 33.0. The summed E-state index contributed by atoms with van der Waals surface area (Å²) in [5, 5.41) is 19.2. The lowest BCUT2D eigenvalue weighted by Crippen LogP contribution is -2.06. The number of rotatable bonds is 2. The highest BCUT2D eigenvalue weighted by Gasteiger charge is 2.10. The molecule has 0 atom stereocenters. The third-order valence-electron chi connectivity index (χ3n) is 3.39. The molecule has 0 unspecified atom stereocenters. The van der Waals surface area contributed by atoms with E-state index in [9.17, 15) is 9.59 Å². The average Bonchev–Trinajstić information content (AvgIpc) is 3.25. The van der Waals surface area contributed by atoms with E-state index in [1.165, 1.54) is 17.4 Å². The zero-order valence-corrected chi connectivity index (χ0v) is 20.0. The summed E-state index contributed by atoms with van der Waals surface area (Å²) in [7, 11) is 0. The van der Waals surface area contributed by atoms with Crippen molar-refractivity contribution in [3.05, 3.63) is 68.1 Å². The molecule has 4 rings (SSSR count). The zero-order valence-electron chi connectivity index (χ0n) is 16.1. The number of benzene rings is 2. The highest BCUT2D eigenvalue weighted by Crippen LogP contribution is 2.28. The lowest BCUT2D eigenvalue weighted by Gasteiger charge is -1.88. The highest BCUT2D eigenvalue weighted by molar-refractivity contribution is 9.10. The van der Waals surface area contributed by atoms with Crippen LogP contribution in [0.1, 0.15) is 56.4 Å². The Morgan fingerprint density at radius 3 is 1.91 bits per heavy atom. The van der Waals surface area contributed by atoms with Gasteiger partial charge in [-0.3, -0.25) is 0 Å². The summed E-state index contributed by atoms with van der Waals surface area (Å²) in [6.45, 7) is 3.89. The molecule has 0 spiro atoms. The quantitative estimate of drug-likeness (QED) is 0.211. The van der Waals surface area contributed by atoms with Crippen LogP contribution in [0.3, 0.4) is 0 Å². The molecule has 0 bridgehead atoms. The van der Waals surface area contributed by atoms with Crippen molar-refractivity contribution in [2.45, 2.75) is 42.2 Å². The molecular formula is C24H31Br2NO5S. The molecule has 33 heavy (non-hydrogen) atoms. The van der Waals surface area contributed by atoms with Gasteiger partial charge >= 0.3 is 11.9 Å². The molecule has 0 fully saturated rings. The second-order valence-electron chi connectivity index (χ2n) is 6.44. The van der Waals surface area contributed by atoms with Crippen molar-refractivity contribution in [3.63, 3.8) is 0 Å². The van der Waals surface area contributed by atoms with Gasteiger partial charge in [0.05, 0.1) is 0 Å². The summed E-state index contributed by atoms with van der Waals surface area (Å²) in [4.78, 5) is 21.6. The Morgan fingerprint density at radius 2 is 1.39 bits per heavy atom. The number of aromatic carboxylic acids is 2. The van der Waals surface area contributed by atoms with Gasteiger partial charge in [0, 0.05) is 19.0 Å². The SMILES string of the molecule is C.C.C.CC(C)N.O=C(O)c1cc2ccc(Br)cc2o1.O=C(O)c1cc2ccc(Br)cc2s1. The van der Waals surface area contributed by atoms with E-state index in [4.69, 9.17) is 20.4 Å². The normalized spacial score (nSPS) is 9.39. The second kappa shape index (κ2) is 14.8. The highest BCUT2D eigenvalue weighted by atomic mass is 79.9. The molecule has 2 aromatic carbocycles. The number of carboxylic acid groups (broad SMARTS) is 2. The van der Waals surface area contributed by atoms with Gasteiger partial charge in [-0.25, -0.2) is 9.59 Å². The average molecular weight is 605 g/mol. The third-order valence-corrected chi connectivity index (χ3v) is 5.46. The number of carbonyl (C=O) groups is 2. The minimum Gasteiger partial charge on any atom is -0.477 e. The van der Waals surface area contributed by atoms with Gasteiger partial charge in [-0.1, -0.05) is 74.1 Å². The smallest absolute Gasteiger partial charge is 0.371 e. The van der Waals surface area contributed by atoms with Gasteiger partial charge in [0.25, 0.3) is 0 Å². The number of thiophene rings is 1. The summed E-state index contributed by atoms with van der Waals surface area (Å²) >= 11 is 7.90. The molecule has 0 aliphatic carbocycles. The van der Waals surface area contributed by atoms with Crippen LogP contribution >= 0.6 is 43.2 Å². The maximum Gasteiger partial charge on any atom is 0.371 e. The molecule has 2 heterocycles. The molecule has 0 saturated heterocycles. The van der Waals surface area contributed by atoms with Crippen molar-refractivity contribution in [2.75, 3.05) is 0 Å². The molecular weight excluding hydrogens is 574 g/mol. The number of furan rings is 1. The van der Waals surface area contributed by atoms with Crippen molar-refractivity contribution in [1.82, 2.24) is 0 Å². The van der Waals surface area contributed by atoms with Crippen LogP contribution in [0.2, 0.25) is 0 Å². The summed E-state index contributed by atoms with van der Waals surface area (Å²) in [6, 6.07) is 14.6. The van der Waals surface area contributed by atoms with Crippen LogP contribution in [0.5, 0.6) is 0 Å². The van der Waals surface area contributed by atoms with E-state index in [1.807, 2.05) is 38.1 Å². The Bertz CT molecular complexity index is 1090. The van der Waals surface area contributed by atoms with Gasteiger partial charge < -0.3 is 20.4 Å². The van der Waals surface area contributed by atoms with Gasteiger partial charge in [-0.15, -0.1) is 11.3 Å². The Hall–Kier alpha value is -2.20. The Balaban J connectivity index is 0. The van der Waals surface area contributed by atoms with Crippen molar-refractivity contribution < 1.29 is 24.2 Å². The maximum atomic E-state index is 10.7. The number of halogens is 2. The Labute approximate surface area is 215 Å². The lowest BCUT2D eigenvalue weighted by atomic mass is 10.2. The predicted molar refractivity (Wildman–Crippen MR) is 147 cm³/mol. The second-order valence-corrected chi connectivity index (χ2v) is 9.36. The molecule has 182 valence electrons.